The van der Waals surface area contributed by atoms with Gasteiger partial charge in [0.05, 0.1) is 6.42 Å². The number of carboxylic acids is 1. The molecule has 0 rings (SSSR count). The molecule has 0 fully saturated rings. The second-order valence-corrected chi connectivity index (χ2v) is 3.68. The van der Waals surface area contributed by atoms with Crippen LogP contribution in [0.15, 0.2) is 0 Å². The summed E-state index contributed by atoms with van der Waals surface area (Å²) in [5, 5.41) is 8.55. The minimum Gasteiger partial charge on any atom is -0.481 e. The van der Waals surface area contributed by atoms with Gasteiger partial charge in [0.25, 0.3) is 0 Å². The third-order valence-electron chi connectivity index (χ3n) is 2.07. The molecule has 88 valence electrons. The van der Waals surface area contributed by atoms with Crippen LogP contribution in [0.1, 0.15) is 19.8 Å². The quantitative estimate of drug-likeness (QED) is 0.663. The minimum absolute atomic E-state index is 0.0121. The number of carbonyl (C=O) groups excluding carboxylic acids is 1. The maximum atomic E-state index is 11.5. The van der Waals surface area contributed by atoms with Gasteiger partial charge in [-0.1, -0.05) is 6.92 Å². The normalized spacial score (nSPS) is 10.4. The Kier molecular flexibility index (Phi) is 6.70. The van der Waals surface area contributed by atoms with Gasteiger partial charge in [0.1, 0.15) is 0 Å². The smallest absolute Gasteiger partial charge is 0.305 e. The van der Waals surface area contributed by atoms with Gasteiger partial charge in [-0.25, -0.2) is 0 Å². The van der Waals surface area contributed by atoms with E-state index in [0.717, 1.165) is 6.54 Å². The van der Waals surface area contributed by atoms with E-state index in [1.165, 1.54) is 0 Å². The van der Waals surface area contributed by atoms with Gasteiger partial charge in [0.2, 0.25) is 5.91 Å². The molecule has 0 radical (unpaired) electrons. The Morgan fingerprint density at radius 2 is 1.73 bits per heavy atom. The van der Waals surface area contributed by atoms with Crippen LogP contribution in [0.25, 0.3) is 0 Å². The van der Waals surface area contributed by atoms with Crippen LogP contribution in [0, 0.1) is 0 Å². The summed E-state index contributed by atoms with van der Waals surface area (Å²) in [4.78, 5) is 25.4. The van der Waals surface area contributed by atoms with Gasteiger partial charge < -0.3 is 14.9 Å². The van der Waals surface area contributed by atoms with Crippen molar-refractivity contribution in [1.82, 2.24) is 9.80 Å². The summed E-state index contributed by atoms with van der Waals surface area (Å²) in [7, 11) is 3.84. The number of amides is 1. The Hall–Kier alpha value is -1.10. The molecule has 15 heavy (non-hydrogen) atoms. The number of likely N-dealkylation sites (N-methyl/N-ethyl adjacent to an activating group) is 1. The van der Waals surface area contributed by atoms with Crippen LogP contribution >= 0.6 is 0 Å². The fraction of sp³-hybridized carbons (Fsp3) is 0.800. The first-order valence-electron chi connectivity index (χ1n) is 5.11. The van der Waals surface area contributed by atoms with Gasteiger partial charge in [-0.2, -0.15) is 0 Å². The van der Waals surface area contributed by atoms with Crippen molar-refractivity contribution in [2.45, 2.75) is 19.8 Å². The van der Waals surface area contributed by atoms with Gasteiger partial charge in [0, 0.05) is 26.1 Å². The summed E-state index contributed by atoms with van der Waals surface area (Å²) in [6, 6.07) is 0. The van der Waals surface area contributed by atoms with E-state index in [0.29, 0.717) is 19.5 Å². The lowest BCUT2D eigenvalue weighted by Gasteiger charge is -2.23. The van der Waals surface area contributed by atoms with Crippen molar-refractivity contribution < 1.29 is 14.7 Å². The topological polar surface area (TPSA) is 60.9 Å². The molecular formula is C10H20N2O3. The van der Waals surface area contributed by atoms with Crippen LogP contribution < -0.4 is 0 Å². The molecule has 0 aromatic rings. The van der Waals surface area contributed by atoms with Crippen LogP contribution in [0.3, 0.4) is 0 Å². The SMILES string of the molecule is CCC(=O)N(CCC(=O)O)CCN(C)C. The van der Waals surface area contributed by atoms with Gasteiger partial charge >= 0.3 is 5.97 Å². The standard InChI is InChI=1S/C10H20N2O3/c1-4-9(13)12(6-5-10(14)15)8-7-11(2)3/h4-8H2,1-3H3,(H,14,15). The monoisotopic (exact) mass is 216 g/mol. The number of hydrogen-bond acceptors (Lipinski definition) is 3. The van der Waals surface area contributed by atoms with E-state index in [2.05, 4.69) is 0 Å². The van der Waals surface area contributed by atoms with Crippen LogP contribution in [-0.4, -0.2) is 60.5 Å². The van der Waals surface area contributed by atoms with E-state index in [-0.39, 0.29) is 12.3 Å². The van der Waals surface area contributed by atoms with E-state index in [4.69, 9.17) is 5.11 Å². The lowest BCUT2D eigenvalue weighted by Crippen LogP contribution is -2.37. The number of aliphatic carboxylic acids is 1. The molecule has 0 spiro atoms. The van der Waals surface area contributed by atoms with Crippen LogP contribution in [0.2, 0.25) is 0 Å². The van der Waals surface area contributed by atoms with Crippen molar-refractivity contribution in [3.8, 4) is 0 Å². The van der Waals surface area contributed by atoms with Crippen molar-refractivity contribution in [1.29, 1.82) is 0 Å². The molecule has 0 atom stereocenters. The molecule has 0 aromatic heterocycles. The second kappa shape index (κ2) is 7.23. The minimum atomic E-state index is -0.867. The molecule has 0 aliphatic carbocycles. The maximum Gasteiger partial charge on any atom is 0.305 e. The van der Waals surface area contributed by atoms with Crippen LogP contribution in [-0.2, 0) is 9.59 Å². The Morgan fingerprint density at radius 1 is 1.13 bits per heavy atom. The van der Waals surface area contributed by atoms with Crippen molar-refractivity contribution in [3.05, 3.63) is 0 Å². The highest BCUT2D eigenvalue weighted by molar-refractivity contribution is 5.76. The molecule has 0 saturated carbocycles. The largest absolute Gasteiger partial charge is 0.481 e. The Labute approximate surface area is 90.7 Å². The van der Waals surface area contributed by atoms with Crippen LogP contribution in [0.4, 0.5) is 0 Å². The van der Waals surface area contributed by atoms with Crippen molar-refractivity contribution in [2.75, 3.05) is 33.7 Å². The summed E-state index contributed by atoms with van der Waals surface area (Å²) in [6.45, 7) is 3.43. The first-order chi connectivity index (χ1) is 6.97. The van der Waals surface area contributed by atoms with Crippen molar-refractivity contribution >= 4 is 11.9 Å². The van der Waals surface area contributed by atoms with Gasteiger partial charge in [0.15, 0.2) is 0 Å². The predicted molar refractivity (Wildman–Crippen MR) is 57.7 cm³/mol. The lowest BCUT2D eigenvalue weighted by atomic mass is 10.3. The molecule has 0 heterocycles. The Morgan fingerprint density at radius 3 is 2.13 bits per heavy atom. The van der Waals surface area contributed by atoms with Crippen molar-refractivity contribution in [2.24, 2.45) is 0 Å². The molecule has 5 heteroatoms. The van der Waals surface area contributed by atoms with Gasteiger partial charge in [-0.15, -0.1) is 0 Å². The molecule has 0 aliphatic rings. The Balaban J connectivity index is 4.06. The van der Waals surface area contributed by atoms with E-state index < -0.39 is 5.97 Å². The molecule has 0 aliphatic heterocycles. The Bertz CT molecular complexity index is 217. The average molecular weight is 216 g/mol. The first kappa shape index (κ1) is 13.9. The molecule has 0 saturated heterocycles. The zero-order valence-electron chi connectivity index (χ0n) is 9.69. The van der Waals surface area contributed by atoms with Crippen molar-refractivity contribution in [3.63, 3.8) is 0 Å². The predicted octanol–water partition coefficient (Wildman–Crippen LogP) is 0.261. The summed E-state index contributed by atoms with van der Waals surface area (Å²) in [5.74, 6) is -0.855. The zero-order chi connectivity index (χ0) is 11.8. The van der Waals surface area contributed by atoms with E-state index in [1.807, 2.05) is 19.0 Å². The molecule has 0 unspecified atom stereocenters. The van der Waals surface area contributed by atoms with E-state index in [9.17, 15) is 9.59 Å². The zero-order valence-corrected chi connectivity index (χ0v) is 9.69. The molecule has 5 nitrogen and oxygen atoms in total. The maximum absolute atomic E-state index is 11.5. The summed E-state index contributed by atoms with van der Waals surface area (Å²) in [6.07, 6.45) is 0.437. The third kappa shape index (κ3) is 6.90. The fourth-order valence-corrected chi connectivity index (χ4v) is 1.14. The first-order valence-corrected chi connectivity index (χ1v) is 5.11. The summed E-state index contributed by atoms with van der Waals surface area (Å²) < 4.78 is 0. The van der Waals surface area contributed by atoms with Gasteiger partial charge in [-0.3, -0.25) is 9.59 Å². The number of rotatable bonds is 7. The second-order valence-electron chi connectivity index (χ2n) is 3.68. The number of nitrogens with zero attached hydrogens (tertiary/aromatic N) is 2. The van der Waals surface area contributed by atoms with E-state index >= 15 is 0 Å². The number of carbonyl (C=O) groups is 2. The summed E-state index contributed by atoms with van der Waals surface area (Å²) >= 11 is 0. The van der Waals surface area contributed by atoms with Crippen LogP contribution in [0.5, 0.6) is 0 Å². The highest BCUT2D eigenvalue weighted by Gasteiger charge is 2.12. The van der Waals surface area contributed by atoms with E-state index in [1.54, 1.807) is 11.8 Å². The highest BCUT2D eigenvalue weighted by Crippen LogP contribution is 1.97. The molecule has 1 amide bonds. The molecule has 1 N–H and O–H groups in total. The highest BCUT2D eigenvalue weighted by atomic mass is 16.4. The lowest BCUT2D eigenvalue weighted by molar-refractivity contribution is -0.138. The van der Waals surface area contributed by atoms with Gasteiger partial charge in [-0.05, 0) is 14.1 Å². The summed E-state index contributed by atoms with van der Waals surface area (Å²) in [5.41, 5.74) is 0. The third-order valence-corrected chi connectivity index (χ3v) is 2.07. The number of hydrogen-bond donors (Lipinski definition) is 1. The average Bonchev–Trinajstić information content (AvgIpc) is 2.16. The number of carboxylic acid groups (broad SMARTS) is 1. The molecule has 0 bridgehead atoms. The molecular weight excluding hydrogens is 196 g/mol. The molecule has 0 aromatic carbocycles. The fourth-order valence-electron chi connectivity index (χ4n) is 1.14.